The van der Waals surface area contributed by atoms with Crippen LogP contribution in [0.5, 0.6) is 0 Å². The fourth-order valence-corrected chi connectivity index (χ4v) is 3.36. The molecule has 0 aromatic rings. The van der Waals surface area contributed by atoms with Crippen LogP contribution < -0.4 is 0 Å². The highest BCUT2D eigenvalue weighted by atomic mass is 32.2. The normalized spacial score (nSPS) is 36.3. The fourth-order valence-electron chi connectivity index (χ4n) is 2.07. The maximum absolute atomic E-state index is 11.4. The van der Waals surface area contributed by atoms with E-state index in [1.54, 1.807) is 11.8 Å². The van der Waals surface area contributed by atoms with Crippen molar-refractivity contribution in [3.8, 4) is 0 Å². The van der Waals surface area contributed by atoms with Gasteiger partial charge >= 0.3 is 0 Å². The van der Waals surface area contributed by atoms with E-state index in [0.29, 0.717) is 29.7 Å². The summed E-state index contributed by atoms with van der Waals surface area (Å²) in [5.41, 5.74) is 0. The number of carbonyl (C=O) groups is 2. The van der Waals surface area contributed by atoms with E-state index in [9.17, 15) is 9.59 Å². The molecule has 12 heavy (non-hydrogen) atoms. The number of ketones is 2. The molecule has 0 spiro atoms. The third-order valence-corrected chi connectivity index (χ3v) is 4.15. The van der Waals surface area contributed by atoms with Crippen LogP contribution in [-0.4, -0.2) is 22.6 Å². The molecule has 1 saturated heterocycles. The first-order valence-corrected chi connectivity index (χ1v) is 5.48. The Hall–Kier alpha value is -0.310. The lowest BCUT2D eigenvalue weighted by Gasteiger charge is -2.32. The van der Waals surface area contributed by atoms with E-state index < -0.39 is 0 Å². The van der Waals surface area contributed by atoms with Crippen LogP contribution in [0, 0.1) is 5.92 Å². The van der Waals surface area contributed by atoms with Crippen molar-refractivity contribution in [1.29, 1.82) is 0 Å². The Morgan fingerprint density at radius 2 is 2.17 bits per heavy atom. The second-order valence-corrected chi connectivity index (χ2v) is 4.72. The zero-order valence-electron chi connectivity index (χ0n) is 6.91. The summed E-state index contributed by atoms with van der Waals surface area (Å²) in [7, 11) is 0. The Bertz CT molecular complexity index is 225. The molecule has 0 aromatic heterocycles. The van der Waals surface area contributed by atoms with Crippen molar-refractivity contribution in [2.75, 3.05) is 5.75 Å². The summed E-state index contributed by atoms with van der Waals surface area (Å²) in [5, 5.41) is 0.163. The summed E-state index contributed by atoms with van der Waals surface area (Å²) in [5.74, 6) is 1.64. The molecular formula is C9H12O2S. The second-order valence-electron chi connectivity index (χ2n) is 3.59. The predicted octanol–water partition coefficient (Wildman–Crippen LogP) is 1.43. The van der Waals surface area contributed by atoms with Crippen LogP contribution in [0.2, 0.25) is 0 Å². The summed E-state index contributed by atoms with van der Waals surface area (Å²) < 4.78 is 0. The minimum absolute atomic E-state index is 0.163. The molecule has 3 heteroatoms. The van der Waals surface area contributed by atoms with Gasteiger partial charge in [-0.1, -0.05) is 0 Å². The quantitative estimate of drug-likeness (QED) is 0.571. The third kappa shape index (κ3) is 1.42. The van der Waals surface area contributed by atoms with Crippen LogP contribution in [0.15, 0.2) is 0 Å². The average Bonchev–Trinajstić information content (AvgIpc) is 2.04. The number of thioether (sulfide) groups is 1. The highest BCUT2D eigenvalue weighted by molar-refractivity contribution is 8.01. The zero-order chi connectivity index (χ0) is 8.55. The summed E-state index contributed by atoms with van der Waals surface area (Å²) >= 11 is 1.56. The van der Waals surface area contributed by atoms with Crippen LogP contribution >= 0.6 is 11.8 Å². The van der Waals surface area contributed by atoms with Crippen molar-refractivity contribution in [3.05, 3.63) is 0 Å². The first kappa shape index (κ1) is 8.30. The van der Waals surface area contributed by atoms with Gasteiger partial charge in [-0.3, -0.25) is 9.59 Å². The average molecular weight is 184 g/mol. The van der Waals surface area contributed by atoms with Gasteiger partial charge in [-0.2, -0.15) is 0 Å². The van der Waals surface area contributed by atoms with Crippen LogP contribution in [0.1, 0.15) is 25.7 Å². The molecule has 0 bridgehead atoms. The number of hydrogen-bond donors (Lipinski definition) is 0. The summed E-state index contributed by atoms with van der Waals surface area (Å²) in [6.07, 6.45) is 3.47. The molecular weight excluding hydrogens is 172 g/mol. The number of rotatable bonds is 0. The van der Waals surface area contributed by atoms with E-state index in [-0.39, 0.29) is 5.25 Å². The largest absolute Gasteiger partial charge is 0.299 e. The number of Topliss-reactive ketones (excluding diaryl/α,β-unsaturated/α-hetero) is 2. The van der Waals surface area contributed by atoms with Crippen LogP contribution in [-0.2, 0) is 9.59 Å². The molecule has 0 N–H and O–H groups in total. The lowest BCUT2D eigenvalue weighted by molar-refractivity contribution is -0.122. The molecule has 2 atom stereocenters. The summed E-state index contributed by atoms with van der Waals surface area (Å²) in [4.78, 5) is 22.5. The van der Waals surface area contributed by atoms with Crippen molar-refractivity contribution in [1.82, 2.24) is 0 Å². The Labute approximate surface area is 76.1 Å². The molecule has 1 aliphatic carbocycles. The van der Waals surface area contributed by atoms with Crippen LogP contribution in [0.25, 0.3) is 0 Å². The van der Waals surface area contributed by atoms with Crippen LogP contribution in [0.3, 0.4) is 0 Å². The van der Waals surface area contributed by atoms with Gasteiger partial charge in [-0.15, -0.1) is 11.8 Å². The summed E-state index contributed by atoms with van der Waals surface area (Å²) in [6.45, 7) is 0. The molecule has 2 aliphatic rings. The maximum atomic E-state index is 11.4. The van der Waals surface area contributed by atoms with E-state index >= 15 is 0 Å². The third-order valence-electron chi connectivity index (χ3n) is 2.66. The highest BCUT2D eigenvalue weighted by Gasteiger charge is 2.36. The topological polar surface area (TPSA) is 34.1 Å². The van der Waals surface area contributed by atoms with E-state index in [1.165, 1.54) is 0 Å². The lowest BCUT2D eigenvalue weighted by atomic mass is 9.84. The second kappa shape index (κ2) is 3.21. The Morgan fingerprint density at radius 3 is 3.00 bits per heavy atom. The number of hydrogen-bond acceptors (Lipinski definition) is 3. The van der Waals surface area contributed by atoms with Gasteiger partial charge < -0.3 is 0 Å². The van der Waals surface area contributed by atoms with Gasteiger partial charge in [0, 0.05) is 12.8 Å². The van der Waals surface area contributed by atoms with Crippen molar-refractivity contribution in [3.63, 3.8) is 0 Å². The van der Waals surface area contributed by atoms with Gasteiger partial charge in [0.1, 0.15) is 11.6 Å². The molecule has 2 nitrogen and oxygen atoms in total. The minimum atomic E-state index is 0.163. The van der Waals surface area contributed by atoms with Crippen LogP contribution in [0.4, 0.5) is 0 Å². The monoisotopic (exact) mass is 184 g/mol. The molecule has 2 rings (SSSR count). The molecule has 0 unspecified atom stereocenters. The van der Waals surface area contributed by atoms with Gasteiger partial charge in [-0.05, 0) is 18.8 Å². The van der Waals surface area contributed by atoms with Gasteiger partial charge in [0.2, 0.25) is 0 Å². The molecule has 0 amide bonds. The Morgan fingerprint density at radius 1 is 1.33 bits per heavy atom. The molecule has 0 radical (unpaired) electrons. The minimum Gasteiger partial charge on any atom is -0.299 e. The number of carbonyl (C=O) groups excluding carboxylic acids is 2. The van der Waals surface area contributed by atoms with Crippen molar-refractivity contribution in [2.24, 2.45) is 5.92 Å². The molecule has 0 aromatic carbocycles. The first-order chi connectivity index (χ1) is 5.77. The Kier molecular flexibility index (Phi) is 2.22. The van der Waals surface area contributed by atoms with E-state index in [1.807, 2.05) is 0 Å². The van der Waals surface area contributed by atoms with Crippen molar-refractivity contribution < 1.29 is 9.59 Å². The van der Waals surface area contributed by atoms with Crippen molar-refractivity contribution >= 4 is 23.3 Å². The van der Waals surface area contributed by atoms with Gasteiger partial charge in [-0.25, -0.2) is 0 Å². The fraction of sp³-hybridized carbons (Fsp3) is 0.778. The van der Waals surface area contributed by atoms with E-state index in [2.05, 4.69) is 0 Å². The van der Waals surface area contributed by atoms with Gasteiger partial charge in [0.25, 0.3) is 0 Å². The highest BCUT2D eigenvalue weighted by Crippen LogP contribution is 2.37. The van der Waals surface area contributed by atoms with E-state index in [4.69, 9.17) is 0 Å². The number of fused-ring (bicyclic) bond motifs is 1. The molecule has 1 saturated carbocycles. The molecule has 66 valence electrons. The molecule has 1 heterocycles. The van der Waals surface area contributed by atoms with Crippen molar-refractivity contribution in [2.45, 2.75) is 30.9 Å². The Balaban J connectivity index is 2.09. The standard InChI is InChI=1S/C9H12O2S/c10-7-4-6-2-1-3-8(11)9(6)12-5-7/h6,9H,1-5H2/t6-,9-/m1/s1. The molecule has 2 fully saturated rings. The van der Waals surface area contributed by atoms with Gasteiger partial charge in [0.15, 0.2) is 0 Å². The van der Waals surface area contributed by atoms with E-state index in [0.717, 1.165) is 19.3 Å². The zero-order valence-corrected chi connectivity index (χ0v) is 7.73. The lowest BCUT2D eigenvalue weighted by Crippen LogP contribution is -2.37. The smallest absolute Gasteiger partial charge is 0.146 e. The maximum Gasteiger partial charge on any atom is 0.146 e. The summed E-state index contributed by atoms with van der Waals surface area (Å²) in [6, 6.07) is 0. The predicted molar refractivity (Wildman–Crippen MR) is 48.2 cm³/mol. The molecule has 1 aliphatic heterocycles. The van der Waals surface area contributed by atoms with Gasteiger partial charge in [0.05, 0.1) is 11.0 Å². The first-order valence-electron chi connectivity index (χ1n) is 4.43. The SMILES string of the molecule is O=C1CS[C@H]2C(=O)CCC[C@@H]2C1.